The predicted molar refractivity (Wildman–Crippen MR) is 120 cm³/mol. The number of nitrogens with zero attached hydrogens (tertiary/aromatic N) is 1. The highest BCUT2D eigenvalue weighted by Gasteiger charge is 2.40. The maximum absolute atomic E-state index is 13.2. The van der Waals surface area contributed by atoms with E-state index in [1.54, 1.807) is 48.4 Å². The molecule has 1 N–H and O–H groups in total. The van der Waals surface area contributed by atoms with E-state index in [1.165, 1.54) is 12.1 Å². The van der Waals surface area contributed by atoms with Gasteiger partial charge in [0, 0.05) is 31.1 Å². The van der Waals surface area contributed by atoms with Crippen LogP contribution in [0.2, 0.25) is 0 Å². The topological polar surface area (TPSA) is 58.6 Å². The lowest BCUT2D eigenvalue weighted by Gasteiger charge is -2.18. The molecule has 6 heteroatoms. The van der Waals surface area contributed by atoms with Crippen LogP contribution in [-0.2, 0) is 11.3 Å². The number of carbonyl (C=O) groups is 2. The van der Waals surface area contributed by atoms with Gasteiger partial charge in [0.15, 0.2) is 0 Å². The molecule has 1 aliphatic rings. The van der Waals surface area contributed by atoms with Gasteiger partial charge in [-0.2, -0.15) is 0 Å². The van der Waals surface area contributed by atoms with Crippen LogP contribution in [0.3, 0.4) is 0 Å². The van der Waals surface area contributed by atoms with Gasteiger partial charge in [0.25, 0.3) is 5.91 Å². The molecule has 1 heterocycles. The minimum Gasteiger partial charge on any atom is -0.497 e. The number of hydrogen-bond donors (Lipinski definition) is 1. The summed E-state index contributed by atoms with van der Waals surface area (Å²) in [5.74, 6) is -0.441. The van der Waals surface area contributed by atoms with Crippen molar-refractivity contribution in [2.24, 2.45) is 5.92 Å². The molecular formula is C26H25FN2O3. The van der Waals surface area contributed by atoms with Crippen LogP contribution in [0.5, 0.6) is 5.75 Å². The number of halogens is 1. The van der Waals surface area contributed by atoms with Crippen molar-refractivity contribution in [2.75, 3.05) is 20.2 Å². The van der Waals surface area contributed by atoms with Crippen molar-refractivity contribution in [3.05, 3.63) is 101 Å². The van der Waals surface area contributed by atoms with E-state index in [9.17, 15) is 14.0 Å². The quantitative estimate of drug-likeness (QED) is 0.640. The van der Waals surface area contributed by atoms with Crippen LogP contribution in [-0.4, -0.2) is 36.9 Å². The van der Waals surface area contributed by atoms with Gasteiger partial charge < -0.3 is 15.0 Å². The lowest BCUT2D eigenvalue weighted by atomic mass is 9.88. The maximum Gasteiger partial charge on any atom is 0.254 e. The summed E-state index contributed by atoms with van der Waals surface area (Å²) in [7, 11) is 1.56. The molecule has 0 aromatic heterocycles. The SMILES string of the molecule is COc1cccc(C(=O)N2CC(C(=O)NCc3ccc(F)cc3)C(c3ccccc3)C2)c1. The van der Waals surface area contributed by atoms with Gasteiger partial charge in [-0.1, -0.05) is 48.5 Å². The van der Waals surface area contributed by atoms with Crippen molar-refractivity contribution in [3.8, 4) is 5.75 Å². The van der Waals surface area contributed by atoms with Gasteiger partial charge in [0.2, 0.25) is 5.91 Å². The van der Waals surface area contributed by atoms with E-state index in [1.807, 2.05) is 30.3 Å². The Labute approximate surface area is 186 Å². The first kappa shape index (κ1) is 21.6. The zero-order chi connectivity index (χ0) is 22.5. The predicted octanol–water partition coefficient (Wildman–Crippen LogP) is 4.01. The van der Waals surface area contributed by atoms with Gasteiger partial charge in [-0.3, -0.25) is 9.59 Å². The monoisotopic (exact) mass is 432 g/mol. The van der Waals surface area contributed by atoms with Crippen LogP contribution < -0.4 is 10.1 Å². The van der Waals surface area contributed by atoms with Crippen LogP contribution in [0.1, 0.15) is 27.4 Å². The second-order valence-electron chi connectivity index (χ2n) is 7.91. The van der Waals surface area contributed by atoms with Crippen LogP contribution in [0.15, 0.2) is 78.9 Å². The third-order valence-corrected chi connectivity index (χ3v) is 5.87. The minimum absolute atomic E-state index is 0.112. The first-order valence-electron chi connectivity index (χ1n) is 10.6. The number of methoxy groups -OCH3 is 1. The molecule has 2 unspecified atom stereocenters. The zero-order valence-electron chi connectivity index (χ0n) is 17.8. The van der Waals surface area contributed by atoms with Crippen molar-refractivity contribution in [1.29, 1.82) is 0 Å². The number of nitrogens with one attached hydrogen (secondary N) is 1. The van der Waals surface area contributed by atoms with Crippen molar-refractivity contribution in [1.82, 2.24) is 10.2 Å². The van der Waals surface area contributed by atoms with E-state index in [2.05, 4.69) is 5.32 Å². The Morgan fingerprint density at radius 2 is 1.75 bits per heavy atom. The van der Waals surface area contributed by atoms with E-state index < -0.39 is 0 Å². The number of benzene rings is 3. The highest BCUT2D eigenvalue weighted by molar-refractivity contribution is 5.95. The molecule has 0 bridgehead atoms. The second kappa shape index (κ2) is 9.64. The number of amides is 2. The summed E-state index contributed by atoms with van der Waals surface area (Å²) in [4.78, 5) is 28.0. The number of hydrogen-bond acceptors (Lipinski definition) is 3. The summed E-state index contributed by atoms with van der Waals surface area (Å²) in [5, 5.41) is 2.96. The van der Waals surface area contributed by atoms with Crippen molar-refractivity contribution in [3.63, 3.8) is 0 Å². The van der Waals surface area contributed by atoms with Gasteiger partial charge in [-0.25, -0.2) is 4.39 Å². The summed E-state index contributed by atoms with van der Waals surface area (Å²) in [5.41, 5.74) is 2.37. The van der Waals surface area contributed by atoms with Crippen molar-refractivity contribution in [2.45, 2.75) is 12.5 Å². The molecule has 1 aliphatic heterocycles. The molecule has 0 saturated carbocycles. The molecule has 5 nitrogen and oxygen atoms in total. The molecule has 164 valence electrons. The highest BCUT2D eigenvalue weighted by Crippen LogP contribution is 2.34. The molecule has 4 rings (SSSR count). The number of carbonyl (C=O) groups excluding carboxylic acids is 2. The second-order valence-corrected chi connectivity index (χ2v) is 7.91. The summed E-state index contributed by atoms with van der Waals surface area (Å²) >= 11 is 0. The first-order valence-corrected chi connectivity index (χ1v) is 10.6. The van der Waals surface area contributed by atoms with E-state index in [4.69, 9.17) is 4.74 Å². The first-order chi connectivity index (χ1) is 15.5. The fourth-order valence-corrected chi connectivity index (χ4v) is 4.13. The third-order valence-electron chi connectivity index (χ3n) is 5.87. The molecule has 0 spiro atoms. The Hall–Kier alpha value is -3.67. The summed E-state index contributed by atoms with van der Waals surface area (Å²) in [6, 6.07) is 22.9. The van der Waals surface area contributed by atoms with Crippen LogP contribution >= 0.6 is 0 Å². The van der Waals surface area contributed by atoms with E-state index >= 15 is 0 Å². The average molecular weight is 432 g/mol. The van der Waals surface area contributed by atoms with E-state index in [0.717, 1.165) is 11.1 Å². The van der Waals surface area contributed by atoms with E-state index in [0.29, 0.717) is 30.9 Å². The maximum atomic E-state index is 13.2. The van der Waals surface area contributed by atoms with Gasteiger partial charge in [-0.05, 0) is 41.5 Å². The Bertz CT molecular complexity index is 1090. The zero-order valence-corrected chi connectivity index (χ0v) is 17.8. The fourth-order valence-electron chi connectivity index (χ4n) is 4.13. The van der Waals surface area contributed by atoms with Gasteiger partial charge in [0.05, 0.1) is 13.0 Å². The third kappa shape index (κ3) is 4.80. The fraction of sp³-hybridized carbons (Fsp3) is 0.231. The molecule has 0 radical (unpaired) electrons. The standard InChI is InChI=1S/C26H25FN2O3/c1-32-22-9-5-8-20(14-22)26(31)29-16-23(19-6-3-2-4-7-19)24(17-29)25(30)28-15-18-10-12-21(27)13-11-18/h2-14,23-24H,15-17H2,1H3,(H,28,30). The Balaban J connectivity index is 1.52. The molecular weight excluding hydrogens is 407 g/mol. The molecule has 2 amide bonds. The Kier molecular flexibility index (Phi) is 6.50. The summed E-state index contributed by atoms with van der Waals surface area (Å²) < 4.78 is 18.4. The largest absolute Gasteiger partial charge is 0.497 e. The minimum atomic E-state index is -0.382. The van der Waals surface area contributed by atoms with Gasteiger partial charge in [0.1, 0.15) is 11.6 Å². The number of rotatable bonds is 6. The van der Waals surface area contributed by atoms with Gasteiger partial charge >= 0.3 is 0 Å². The summed E-state index contributed by atoms with van der Waals surface area (Å²) in [6.07, 6.45) is 0. The number of likely N-dealkylation sites (tertiary alicyclic amines) is 1. The molecule has 0 aliphatic carbocycles. The van der Waals surface area contributed by atoms with Crippen molar-refractivity contribution < 1.29 is 18.7 Å². The van der Waals surface area contributed by atoms with Gasteiger partial charge in [-0.15, -0.1) is 0 Å². The van der Waals surface area contributed by atoms with Crippen LogP contribution in [0, 0.1) is 11.7 Å². The lowest BCUT2D eigenvalue weighted by molar-refractivity contribution is -0.125. The summed E-state index contributed by atoms with van der Waals surface area (Å²) in [6.45, 7) is 1.08. The van der Waals surface area contributed by atoms with Crippen LogP contribution in [0.25, 0.3) is 0 Å². The Morgan fingerprint density at radius 1 is 1.00 bits per heavy atom. The van der Waals surface area contributed by atoms with Crippen LogP contribution in [0.4, 0.5) is 4.39 Å². The smallest absolute Gasteiger partial charge is 0.254 e. The lowest BCUT2D eigenvalue weighted by Crippen LogP contribution is -2.35. The molecule has 1 saturated heterocycles. The average Bonchev–Trinajstić information content (AvgIpc) is 3.29. The molecule has 1 fully saturated rings. The highest BCUT2D eigenvalue weighted by atomic mass is 19.1. The normalized spacial score (nSPS) is 17.8. The molecule has 32 heavy (non-hydrogen) atoms. The molecule has 3 aromatic carbocycles. The number of ether oxygens (including phenoxy) is 1. The van der Waals surface area contributed by atoms with E-state index in [-0.39, 0.29) is 29.5 Å². The Morgan fingerprint density at radius 3 is 2.47 bits per heavy atom. The molecule has 2 atom stereocenters. The molecule has 3 aromatic rings. The van der Waals surface area contributed by atoms with Crippen molar-refractivity contribution >= 4 is 11.8 Å².